The van der Waals surface area contributed by atoms with Crippen LogP contribution in [-0.2, 0) is 16.0 Å². The second-order valence-corrected chi connectivity index (χ2v) is 6.81. The third-order valence-electron chi connectivity index (χ3n) is 4.88. The van der Waals surface area contributed by atoms with Crippen LogP contribution in [0, 0.1) is 0 Å². The molecule has 1 atom stereocenters. The predicted molar refractivity (Wildman–Crippen MR) is 107 cm³/mol. The molecule has 0 spiro atoms. The van der Waals surface area contributed by atoms with Crippen molar-refractivity contribution in [3.05, 3.63) is 83.9 Å². The Morgan fingerprint density at radius 1 is 0.966 bits per heavy atom. The molecule has 1 amide bonds. The average molecular weight is 384 g/mol. The summed E-state index contributed by atoms with van der Waals surface area (Å²) in [5.41, 5.74) is 4.25. The lowest BCUT2D eigenvalue weighted by Gasteiger charge is -2.23. The number of benzene rings is 3. The molecule has 0 saturated carbocycles. The van der Waals surface area contributed by atoms with Crippen molar-refractivity contribution in [1.29, 1.82) is 0 Å². The number of carbonyl (C=O) groups is 2. The van der Waals surface area contributed by atoms with Crippen molar-refractivity contribution in [2.45, 2.75) is 12.5 Å². The number of hydrogen-bond donors (Lipinski definition) is 1. The van der Waals surface area contributed by atoms with Crippen LogP contribution < -0.4 is 5.32 Å². The van der Waals surface area contributed by atoms with Crippen LogP contribution in [-0.4, -0.2) is 23.0 Å². The van der Waals surface area contributed by atoms with Crippen molar-refractivity contribution in [1.82, 2.24) is 4.98 Å². The minimum Gasteiger partial charge on any atom is -0.448 e. The first-order valence-electron chi connectivity index (χ1n) is 9.23. The predicted octanol–water partition coefficient (Wildman–Crippen LogP) is 4.22. The van der Waals surface area contributed by atoms with Crippen LogP contribution in [0.4, 0.5) is 5.69 Å². The van der Waals surface area contributed by atoms with Gasteiger partial charge in [-0.2, -0.15) is 0 Å². The van der Waals surface area contributed by atoms with Crippen molar-refractivity contribution >= 4 is 28.7 Å². The number of fused-ring (bicyclic) bond motifs is 2. The zero-order valence-electron chi connectivity index (χ0n) is 15.3. The van der Waals surface area contributed by atoms with Crippen molar-refractivity contribution in [3.63, 3.8) is 0 Å². The van der Waals surface area contributed by atoms with Gasteiger partial charge in [-0.25, -0.2) is 9.78 Å². The van der Waals surface area contributed by atoms with E-state index in [2.05, 4.69) is 10.3 Å². The summed E-state index contributed by atoms with van der Waals surface area (Å²) >= 11 is 0. The van der Waals surface area contributed by atoms with Crippen LogP contribution in [0.25, 0.3) is 22.6 Å². The van der Waals surface area contributed by atoms with Gasteiger partial charge in [0.1, 0.15) is 5.52 Å². The summed E-state index contributed by atoms with van der Waals surface area (Å²) in [6.07, 6.45) is -0.497. The molecule has 0 unspecified atom stereocenters. The monoisotopic (exact) mass is 384 g/mol. The van der Waals surface area contributed by atoms with Gasteiger partial charge in [-0.15, -0.1) is 0 Å². The van der Waals surface area contributed by atoms with Gasteiger partial charge < -0.3 is 14.5 Å². The fraction of sp³-hybridized carbons (Fsp3) is 0.0870. The molecule has 0 saturated heterocycles. The smallest absolute Gasteiger partial charge is 0.339 e. The SMILES string of the molecule is O=C1O[C@@H](C(=O)Nc2ccc(-c3nc4ccccc4o3)cc2)Cc2ccccc21. The number of nitrogens with one attached hydrogen (secondary N) is 1. The molecule has 0 bridgehead atoms. The van der Waals surface area contributed by atoms with Gasteiger partial charge in [-0.05, 0) is 48.0 Å². The summed E-state index contributed by atoms with van der Waals surface area (Å²) < 4.78 is 11.1. The zero-order valence-corrected chi connectivity index (χ0v) is 15.3. The standard InChI is InChI=1S/C23H16N2O4/c26-21(20-13-15-5-1-2-6-17(15)23(27)29-20)24-16-11-9-14(10-12-16)22-25-18-7-3-4-8-19(18)28-22/h1-12,20H,13H2,(H,24,26)/t20-/m1/s1. The topological polar surface area (TPSA) is 81.4 Å². The first-order valence-corrected chi connectivity index (χ1v) is 9.23. The van der Waals surface area contributed by atoms with Gasteiger partial charge in [0.25, 0.3) is 5.91 Å². The summed E-state index contributed by atoms with van der Waals surface area (Å²) in [5, 5.41) is 2.80. The molecular formula is C23H16N2O4. The number of ether oxygens (including phenoxy) is 1. The highest BCUT2D eigenvalue weighted by Crippen LogP contribution is 2.26. The molecule has 3 aromatic carbocycles. The number of aromatic nitrogens is 1. The summed E-state index contributed by atoms with van der Waals surface area (Å²) in [5.74, 6) is -0.317. The maximum absolute atomic E-state index is 12.6. The van der Waals surface area contributed by atoms with E-state index < -0.39 is 12.1 Å². The molecule has 0 aliphatic carbocycles. The fourth-order valence-corrected chi connectivity index (χ4v) is 3.39. The molecule has 1 aromatic heterocycles. The number of para-hydroxylation sites is 2. The second-order valence-electron chi connectivity index (χ2n) is 6.81. The molecular weight excluding hydrogens is 368 g/mol. The number of hydrogen-bond acceptors (Lipinski definition) is 5. The first-order chi connectivity index (χ1) is 14.2. The molecule has 5 rings (SSSR count). The van der Waals surface area contributed by atoms with Crippen LogP contribution in [0.2, 0.25) is 0 Å². The van der Waals surface area contributed by atoms with Crippen molar-refractivity contribution < 1.29 is 18.7 Å². The summed E-state index contributed by atoms with van der Waals surface area (Å²) in [7, 11) is 0. The van der Waals surface area contributed by atoms with E-state index in [1.807, 2.05) is 48.5 Å². The molecule has 0 radical (unpaired) electrons. The Labute approximate surface area is 166 Å². The van der Waals surface area contributed by atoms with Crippen LogP contribution in [0.1, 0.15) is 15.9 Å². The minimum atomic E-state index is -0.853. The Morgan fingerprint density at radius 2 is 1.72 bits per heavy atom. The number of rotatable bonds is 3. The summed E-state index contributed by atoms with van der Waals surface area (Å²) in [4.78, 5) is 29.1. The molecule has 4 aromatic rings. The molecule has 1 aliphatic heterocycles. The van der Waals surface area contributed by atoms with E-state index in [1.165, 1.54) is 0 Å². The highest BCUT2D eigenvalue weighted by Gasteiger charge is 2.31. The van der Waals surface area contributed by atoms with Gasteiger partial charge in [0.2, 0.25) is 5.89 Å². The van der Waals surface area contributed by atoms with E-state index in [9.17, 15) is 9.59 Å². The lowest BCUT2D eigenvalue weighted by molar-refractivity contribution is -0.125. The van der Waals surface area contributed by atoms with E-state index in [-0.39, 0.29) is 5.91 Å². The molecule has 6 heteroatoms. The quantitative estimate of drug-likeness (QED) is 0.535. The first kappa shape index (κ1) is 17.2. The van der Waals surface area contributed by atoms with Gasteiger partial charge >= 0.3 is 5.97 Å². The van der Waals surface area contributed by atoms with Gasteiger partial charge in [-0.1, -0.05) is 30.3 Å². The van der Waals surface area contributed by atoms with Crippen LogP contribution in [0.15, 0.2) is 77.2 Å². The van der Waals surface area contributed by atoms with Gasteiger partial charge in [0, 0.05) is 17.7 Å². The van der Waals surface area contributed by atoms with Crippen LogP contribution in [0.3, 0.4) is 0 Å². The van der Waals surface area contributed by atoms with E-state index in [4.69, 9.17) is 9.15 Å². The van der Waals surface area contributed by atoms with E-state index in [0.29, 0.717) is 23.6 Å². The second kappa shape index (κ2) is 6.91. The summed E-state index contributed by atoms with van der Waals surface area (Å²) in [6.45, 7) is 0. The normalized spacial score (nSPS) is 15.6. The number of anilines is 1. The third kappa shape index (κ3) is 3.25. The number of cyclic esters (lactones) is 1. The van der Waals surface area contributed by atoms with Gasteiger partial charge in [0.15, 0.2) is 11.7 Å². The van der Waals surface area contributed by atoms with E-state index in [0.717, 1.165) is 22.2 Å². The Hall–Kier alpha value is -3.93. The maximum Gasteiger partial charge on any atom is 0.339 e. The molecule has 142 valence electrons. The van der Waals surface area contributed by atoms with Crippen LogP contribution >= 0.6 is 0 Å². The highest BCUT2D eigenvalue weighted by molar-refractivity contribution is 6.00. The number of esters is 1. The number of nitrogens with zero attached hydrogens (tertiary/aromatic N) is 1. The van der Waals surface area contributed by atoms with Gasteiger partial charge in [-0.3, -0.25) is 4.79 Å². The highest BCUT2D eigenvalue weighted by atomic mass is 16.5. The Kier molecular flexibility index (Phi) is 4.09. The molecule has 6 nitrogen and oxygen atoms in total. The lowest BCUT2D eigenvalue weighted by Crippen LogP contribution is -2.37. The molecule has 0 fully saturated rings. The Bertz CT molecular complexity index is 1190. The Balaban J connectivity index is 1.31. The zero-order chi connectivity index (χ0) is 19.8. The number of carbonyl (C=O) groups excluding carboxylic acids is 2. The van der Waals surface area contributed by atoms with Crippen molar-refractivity contribution in [2.24, 2.45) is 0 Å². The Morgan fingerprint density at radius 3 is 2.55 bits per heavy atom. The van der Waals surface area contributed by atoms with E-state index >= 15 is 0 Å². The average Bonchev–Trinajstić information content (AvgIpc) is 3.18. The number of oxazole rings is 1. The molecule has 2 heterocycles. The van der Waals surface area contributed by atoms with Crippen molar-refractivity contribution in [2.75, 3.05) is 5.32 Å². The van der Waals surface area contributed by atoms with Crippen molar-refractivity contribution in [3.8, 4) is 11.5 Å². The molecule has 1 aliphatic rings. The van der Waals surface area contributed by atoms with Gasteiger partial charge in [0.05, 0.1) is 5.56 Å². The molecule has 1 N–H and O–H groups in total. The summed E-state index contributed by atoms with van der Waals surface area (Å²) in [6, 6.07) is 21.9. The van der Waals surface area contributed by atoms with Crippen LogP contribution in [0.5, 0.6) is 0 Å². The lowest BCUT2D eigenvalue weighted by atomic mass is 9.98. The fourth-order valence-electron chi connectivity index (χ4n) is 3.39. The van der Waals surface area contributed by atoms with E-state index in [1.54, 1.807) is 24.3 Å². The number of amides is 1. The minimum absolute atomic E-state index is 0.356. The molecule has 29 heavy (non-hydrogen) atoms. The third-order valence-corrected chi connectivity index (χ3v) is 4.88. The maximum atomic E-state index is 12.6. The largest absolute Gasteiger partial charge is 0.448 e.